The minimum atomic E-state index is -0.327. The summed E-state index contributed by atoms with van der Waals surface area (Å²) in [6.45, 7) is 6.46. The number of aryl methyl sites for hydroxylation is 1. The number of unbranched alkanes of at least 4 members (excludes halogenated alkanes) is 1. The number of nitrogens with one attached hydrogen (secondary N) is 2. The van der Waals surface area contributed by atoms with Gasteiger partial charge in [0.1, 0.15) is 18.5 Å². The fourth-order valence-electron chi connectivity index (χ4n) is 2.62. The quantitative estimate of drug-likeness (QED) is 0.419. The third-order valence-corrected chi connectivity index (χ3v) is 4.50. The number of hydrogen-bond donors (Lipinski definition) is 2. The second-order valence-electron chi connectivity index (χ2n) is 6.77. The molecule has 0 radical (unpaired) electrons. The van der Waals surface area contributed by atoms with Crippen LogP contribution in [0.4, 0.5) is 4.39 Å². The Morgan fingerprint density at radius 2 is 1.96 bits per heavy atom. The van der Waals surface area contributed by atoms with Gasteiger partial charge in [0.05, 0.1) is 0 Å². The zero-order chi connectivity index (χ0) is 19.0. The summed E-state index contributed by atoms with van der Waals surface area (Å²) in [7, 11) is 1.74. The van der Waals surface area contributed by atoms with Crippen LogP contribution in [-0.2, 0) is 12.0 Å². The number of benzene rings is 1. The Morgan fingerprint density at radius 3 is 2.62 bits per heavy atom. The lowest BCUT2D eigenvalue weighted by Crippen LogP contribution is -2.43. The Hall–Kier alpha value is -2.15. The predicted octanol–water partition coefficient (Wildman–Crippen LogP) is 2.99. The Bertz CT molecular complexity index is 714. The van der Waals surface area contributed by atoms with E-state index in [-0.39, 0.29) is 11.2 Å². The third-order valence-electron chi connectivity index (χ3n) is 4.18. The molecule has 0 atom stereocenters. The highest BCUT2D eigenvalue weighted by molar-refractivity contribution is 6.31. The average molecular weight is 381 g/mol. The van der Waals surface area contributed by atoms with Crippen molar-refractivity contribution in [3.63, 3.8) is 0 Å². The van der Waals surface area contributed by atoms with Gasteiger partial charge in [0, 0.05) is 37.1 Å². The monoisotopic (exact) mass is 380 g/mol. The maximum atomic E-state index is 13.3. The first-order valence-corrected chi connectivity index (χ1v) is 9.02. The molecule has 2 aromatic rings. The van der Waals surface area contributed by atoms with E-state index in [1.165, 1.54) is 12.1 Å². The van der Waals surface area contributed by atoms with Crippen LogP contribution in [0.3, 0.4) is 0 Å². The molecular weight excluding hydrogens is 355 g/mol. The number of nitrogens with zero attached hydrogens (tertiary/aromatic N) is 4. The van der Waals surface area contributed by atoms with Crippen molar-refractivity contribution in [1.82, 2.24) is 25.4 Å². The third kappa shape index (κ3) is 5.98. The molecule has 1 heterocycles. The highest BCUT2D eigenvalue weighted by Crippen LogP contribution is 2.29. The Kier molecular flexibility index (Phi) is 7.38. The number of aliphatic imine (C=N–C) groups is 1. The van der Waals surface area contributed by atoms with Crippen molar-refractivity contribution in [1.29, 1.82) is 0 Å². The summed E-state index contributed by atoms with van der Waals surface area (Å²) in [5, 5.41) is 14.6. The van der Waals surface area contributed by atoms with Crippen LogP contribution in [0.1, 0.15) is 32.3 Å². The molecule has 1 aromatic carbocycles. The van der Waals surface area contributed by atoms with E-state index in [1.54, 1.807) is 25.8 Å². The van der Waals surface area contributed by atoms with Crippen molar-refractivity contribution >= 4 is 17.6 Å². The summed E-state index contributed by atoms with van der Waals surface area (Å²) in [4.78, 5) is 4.25. The van der Waals surface area contributed by atoms with Crippen molar-refractivity contribution in [3.05, 3.63) is 47.3 Å². The zero-order valence-corrected chi connectivity index (χ0v) is 16.2. The number of halogens is 2. The first-order valence-electron chi connectivity index (χ1n) is 8.65. The lowest BCUT2D eigenvalue weighted by molar-refractivity contribution is 0.506. The first kappa shape index (κ1) is 20.2. The SMILES string of the molecule is CN=C(NCCCCn1cnnc1)NCC(C)(C)c1ccc(F)cc1Cl. The van der Waals surface area contributed by atoms with E-state index in [4.69, 9.17) is 11.6 Å². The summed E-state index contributed by atoms with van der Waals surface area (Å²) >= 11 is 6.20. The van der Waals surface area contributed by atoms with Gasteiger partial charge in [-0.2, -0.15) is 0 Å². The second-order valence-corrected chi connectivity index (χ2v) is 7.17. The second kappa shape index (κ2) is 9.52. The molecule has 0 aliphatic carbocycles. The van der Waals surface area contributed by atoms with Crippen molar-refractivity contribution in [3.8, 4) is 0 Å². The maximum Gasteiger partial charge on any atom is 0.191 e. The van der Waals surface area contributed by atoms with Crippen LogP contribution >= 0.6 is 11.6 Å². The lowest BCUT2D eigenvalue weighted by Gasteiger charge is -2.27. The molecule has 0 spiro atoms. The summed E-state index contributed by atoms with van der Waals surface area (Å²) in [5.41, 5.74) is 0.633. The minimum absolute atomic E-state index is 0.267. The van der Waals surface area contributed by atoms with Crippen molar-refractivity contribution in [2.75, 3.05) is 20.1 Å². The van der Waals surface area contributed by atoms with Crippen LogP contribution in [0.2, 0.25) is 5.02 Å². The van der Waals surface area contributed by atoms with E-state index < -0.39 is 0 Å². The van der Waals surface area contributed by atoms with E-state index in [9.17, 15) is 4.39 Å². The smallest absolute Gasteiger partial charge is 0.191 e. The van der Waals surface area contributed by atoms with Gasteiger partial charge >= 0.3 is 0 Å². The molecule has 0 bridgehead atoms. The molecule has 2 N–H and O–H groups in total. The fourth-order valence-corrected chi connectivity index (χ4v) is 3.05. The largest absolute Gasteiger partial charge is 0.356 e. The van der Waals surface area contributed by atoms with Crippen molar-refractivity contribution in [2.24, 2.45) is 4.99 Å². The van der Waals surface area contributed by atoms with Gasteiger partial charge in [0.25, 0.3) is 0 Å². The molecule has 0 aliphatic rings. The molecule has 2 rings (SSSR count). The van der Waals surface area contributed by atoms with Crippen LogP contribution in [0.15, 0.2) is 35.8 Å². The van der Waals surface area contributed by atoms with Crippen molar-refractivity contribution in [2.45, 2.75) is 38.6 Å². The normalized spacial score (nSPS) is 12.3. The Labute approximate surface area is 158 Å². The molecule has 142 valence electrons. The molecule has 0 amide bonds. The van der Waals surface area contributed by atoms with Gasteiger partial charge in [0.2, 0.25) is 0 Å². The zero-order valence-electron chi connectivity index (χ0n) is 15.5. The van der Waals surface area contributed by atoms with E-state index in [0.29, 0.717) is 11.6 Å². The molecule has 0 saturated heterocycles. The number of rotatable bonds is 8. The lowest BCUT2D eigenvalue weighted by atomic mass is 9.84. The molecular formula is C18H26ClFN6. The van der Waals surface area contributed by atoms with Crippen LogP contribution in [-0.4, -0.2) is 40.9 Å². The molecule has 0 unspecified atom stereocenters. The van der Waals surface area contributed by atoms with Gasteiger partial charge in [0.15, 0.2) is 5.96 Å². The average Bonchev–Trinajstić information content (AvgIpc) is 3.10. The fraction of sp³-hybridized carbons (Fsp3) is 0.500. The van der Waals surface area contributed by atoms with Gasteiger partial charge in [-0.05, 0) is 30.5 Å². The molecule has 0 aliphatic heterocycles. The standard InChI is InChI=1S/C18H26ClFN6/c1-18(2,15-7-6-14(20)10-16(15)19)11-23-17(21-3)22-8-4-5-9-26-12-24-25-13-26/h6-7,10,12-13H,4-5,8-9,11H2,1-3H3,(H2,21,22,23). The summed E-state index contributed by atoms with van der Waals surface area (Å²) in [5.74, 6) is 0.409. The maximum absolute atomic E-state index is 13.3. The van der Waals surface area contributed by atoms with Crippen LogP contribution < -0.4 is 10.6 Å². The number of aromatic nitrogens is 3. The van der Waals surface area contributed by atoms with Crippen LogP contribution in [0.25, 0.3) is 0 Å². The van der Waals surface area contributed by atoms with Crippen LogP contribution in [0, 0.1) is 5.82 Å². The number of hydrogen-bond acceptors (Lipinski definition) is 3. The highest BCUT2D eigenvalue weighted by Gasteiger charge is 2.24. The molecule has 0 fully saturated rings. The first-order chi connectivity index (χ1) is 12.4. The summed E-state index contributed by atoms with van der Waals surface area (Å²) < 4.78 is 15.2. The van der Waals surface area contributed by atoms with Gasteiger partial charge < -0.3 is 15.2 Å². The van der Waals surface area contributed by atoms with Crippen molar-refractivity contribution < 1.29 is 4.39 Å². The van der Waals surface area contributed by atoms with Gasteiger partial charge in [-0.15, -0.1) is 10.2 Å². The number of guanidine groups is 1. The van der Waals surface area contributed by atoms with Gasteiger partial charge in [-0.3, -0.25) is 4.99 Å². The van der Waals surface area contributed by atoms with Crippen LogP contribution in [0.5, 0.6) is 0 Å². The Balaban J connectivity index is 1.76. The van der Waals surface area contributed by atoms with E-state index in [0.717, 1.165) is 37.5 Å². The topological polar surface area (TPSA) is 67.1 Å². The molecule has 8 heteroatoms. The molecule has 1 aromatic heterocycles. The Morgan fingerprint density at radius 1 is 1.23 bits per heavy atom. The summed E-state index contributed by atoms with van der Waals surface area (Å²) in [6, 6.07) is 4.52. The van der Waals surface area contributed by atoms with E-state index >= 15 is 0 Å². The van der Waals surface area contributed by atoms with E-state index in [1.807, 2.05) is 4.57 Å². The highest BCUT2D eigenvalue weighted by atomic mass is 35.5. The molecule has 0 saturated carbocycles. The predicted molar refractivity (Wildman–Crippen MR) is 103 cm³/mol. The van der Waals surface area contributed by atoms with E-state index in [2.05, 4.69) is 39.7 Å². The minimum Gasteiger partial charge on any atom is -0.356 e. The molecule has 6 nitrogen and oxygen atoms in total. The summed E-state index contributed by atoms with van der Waals surface area (Å²) in [6.07, 6.45) is 5.47. The molecule has 26 heavy (non-hydrogen) atoms. The van der Waals surface area contributed by atoms with Gasteiger partial charge in [-0.25, -0.2) is 4.39 Å². The van der Waals surface area contributed by atoms with Gasteiger partial charge in [-0.1, -0.05) is 31.5 Å².